The number of nitrogens with zero attached hydrogens (tertiary/aromatic N) is 3. The van der Waals surface area contributed by atoms with Gasteiger partial charge in [-0.3, -0.25) is 15.1 Å². The van der Waals surface area contributed by atoms with Crippen LogP contribution in [0.1, 0.15) is 27.9 Å². The maximum atomic E-state index is 12.5. The molecule has 0 radical (unpaired) electrons. The van der Waals surface area contributed by atoms with Gasteiger partial charge in [0.25, 0.3) is 5.91 Å². The first kappa shape index (κ1) is 17.8. The lowest BCUT2D eigenvalue weighted by molar-refractivity contribution is 0.102. The van der Waals surface area contributed by atoms with Gasteiger partial charge in [-0.05, 0) is 42.3 Å². The molecule has 0 atom stereocenters. The summed E-state index contributed by atoms with van der Waals surface area (Å²) >= 11 is 1.36. The van der Waals surface area contributed by atoms with Crippen molar-refractivity contribution in [3.63, 3.8) is 0 Å². The van der Waals surface area contributed by atoms with Gasteiger partial charge in [0, 0.05) is 18.0 Å². The summed E-state index contributed by atoms with van der Waals surface area (Å²) in [6.45, 7) is 2.34. The SMILES string of the molecule is CCc1nnc(NC(=O)c2ccc(OC)c(OCc3ccncc3)c2)s1. The maximum Gasteiger partial charge on any atom is 0.257 e. The Labute approximate surface area is 155 Å². The number of methoxy groups -OCH3 is 1. The molecule has 134 valence electrons. The lowest BCUT2D eigenvalue weighted by Crippen LogP contribution is -2.12. The summed E-state index contributed by atoms with van der Waals surface area (Å²) in [4.78, 5) is 16.4. The van der Waals surface area contributed by atoms with Crippen LogP contribution in [0.25, 0.3) is 0 Å². The molecule has 2 heterocycles. The van der Waals surface area contributed by atoms with Crippen LogP contribution in [0.5, 0.6) is 11.5 Å². The fourth-order valence-electron chi connectivity index (χ4n) is 2.19. The maximum absolute atomic E-state index is 12.5. The first-order valence-electron chi connectivity index (χ1n) is 8.03. The van der Waals surface area contributed by atoms with Crippen LogP contribution in [0.3, 0.4) is 0 Å². The van der Waals surface area contributed by atoms with E-state index in [1.165, 1.54) is 11.3 Å². The van der Waals surface area contributed by atoms with Crippen LogP contribution in [0.15, 0.2) is 42.7 Å². The summed E-state index contributed by atoms with van der Waals surface area (Å²) in [6.07, 6.45) is 4.18. The summed E-state index contributed by atoms with van der Waals surface area (Å²) in [6, 6.07) is 8.76. The van der Waals surface area contributed by atoms with E-state index < -0.39 is 0 Å². The standard InChI is InChI=1S/C18H18N4O3S/c1-3-16-21-22-18(26-16)20-17(23)13-4-5-14(24-2)15(10-13)25-11-12-6-8-19-9-7-12/h4-10H,3,11H2,1-2H3,(H,20,22,23). The molecule has 7 nitrogen and oxygen atoms in total. The van der Waals surface area contributed by atoms with Gasteiger partial charge in [0.05, 0.1) is 7.11 Å². The minimum absolute atomic E-state index is 0.278. The summed E-state index contributed by atoms with van der Waals surface area (Å²) in [5.74, 6) is 0.767. The molecule has 1 amide bonds. The van der Waals surface area contributed by atoms with Crippen molar-refractivity contribution in [3.8, 4) is 11.5 Å². The number of hydrogen-bond donors (Lipinski definition) is 1. The third-order valence-electron chi connectivity index (χ3n) is 3.56. The zero-order valence-corrected chi connectivity index (χ0v) is 15.2. The number of aromatic nitrogens is 3. The highest BCUT2D eigenvalue weighted by Crippen LogP contribution is 2.29. The molecule has 0 aliphatic carbocycles. The lowest BCUT2D eigenvalue weighted by atomic mass is 10.2. The predicted molar refractivity (Wildman–Crippen MR) is 98.8 cm³/mol. The summed E-state index contributed by atoms with van der Waals surface area (Å²) < 4.78 is 11.1. The van der Waals surface area contributed by atoms with E-state index in [9.17, 15) is 4.79 Å². The molecule has 0 saturated heterocycles. The Hall–Kier alpha value is -3.00. The van der Waals surface area contributed by atoms with E-state index in [-0.39, 0.29) is 5.91 Å². The van der Waals surface area contributed by atoms with Crippen LogP contribution >= 0.6 is 11.3 Å². The zero-order valence-electron chi connectivity index (χ0n) is 14.4. The van der Waals surface area contributed by atoms with E-state index in [2.05, 4.69) is 20.5 Å². The number of ether oxygens (including phenoxy) is 2. The quantitative estimate of drug-likeness (QED) is 0.686. The molecule has 0 spiro atoms. The minimum atomic E-state index is -0.278. The van der Waals surface area contributed by atoms with Gasteiger partial charge in [-0.25, -0.2) is 0 Å². The molecule has 0 aliphatic heterocycles. The van der Waals surface area contributed by atoms with Crippen molar-refractivity contribution in [2.45, 2.75) is 20.0 Å². The Balaban J connectivity index is 1.74. The van der Waals surface area contributed by atoms with Crippen LogP contribution in [-0.4, -0.2) is 28.2 Å². The Morgan fingerprint density at radius 2 is 1.96 bits per heavy atom. The number of nitrogens with one attached hydrogen (secondary N) is 1. The van der Waals surface area contributed by atoms with Gasteiger partial charge < -0.3 is 9.47 Å². The van der Waals surface area contributed by atoms with Gasteiger partial charge in [-0.15, -0.1) is 10.2 Å². The molecule has 0 bridgehead atoms. The first-order valence-corrected chi connectivity index (χ1v) is 8.84. The zero-order chi connectivity index (χ0) is 18.4. The highest BCUT2D eigenvalue weighted by Gasteiger charge is 2.13. The van der Waals surface area contributed by atoms with Crippen molar-refractivity contribution in [1.29, 1.82) is 0 Å². The van der Waals surface area contributed by atoms with Crippen LogP contribution in [0, 0.1) is 0 Å². The molecule has 0 unspecified atom stereocenters. The van der Waals surface area contributed by atoms with Crippen molar-refractivity contribution >= 4 is 22.4 Å². The highest BCUT2D eigenvalue weighted by atomic mass is 32.1. The molecule has 0 saturated carbocycles. The first-order chi connectivity index (χ1) is 12.7. The average molecular weight is 370 g/mol. The Morgan fingerprint density at radius 3 is 2.65 bits per heavy atom. The smallest absolute Gasteiger partial charge is 0.257 e. The van der Waals surface area contributed by atoms with Gasteiger partial charge >= 0.3 is 0 Å². The van der Waals surface area contributed by atoms with Gasteiger partial charge in [0.2, 0.25) is 5.13 Å². The van der Waals surface area contributed by atoms with Crippen molar-refractivity contribution in [2.75, 3.05) is 12.4 Å². The normalized spacial score (nSPS) is 10.4. The molecule has 8 heteroatoms. The van der Waals surface area contributed by atoms with Crippen molar-refractivity contribution in [2.24, 2.45) is 0 Å². The third-order valence-corrected chi connectivity index (χ3v) is 4.54. The van der Waals surface area contributed by atoms with E-state index in [4.69, 9.17) is 9.47 Å². The van der Waals surface area contributed by atoms with E-state index in [1.54, 1.807) is 37.7 Å². The second kappa shape index (κ2) is 8.39. The topological polar surface area (TPSA) is 86.2 Å². The molecule has 0 aliphatic rings. The van der Waals surface area contributed by atoms with Gasteiger partial charge in [0.15, 0.2) is 11.5 Å². The number of hydrogen-bond acceptors (Lipinski definition) is 7. The number of pyridine rings is 1. The summed E-state index contributed by atoms with van der Waals surface area (Å²) in [5, 5.41) is 12.1. The predicted octanol–water partition coefficient (Wildman–Crippen LogP) is 3.34. The Bertz CT molecular complexity index is 883. The van der Waals surface area contributed by atoms with Gasteiger partial charge in [-0.2, -0.15) is 0 Å². The van der Waals surface area contributed by atoms with Crippen molar-refractivity contribution in [3.05, 3.63) is 58.9 Å². The van der Waals surface area contributed by atoms with Crippen LogP contribution in [0.2, 0.25) is 0 Å². The molecular weight excluding hydrogens is 352 g/mol. The fraction of sp³-hybridized carbons (Fsp3) is 0.222. The minimum Gasteiger partial charge on any atom is -0.493 e. The Morgan fingerprint density at radius 1 is 1.15 bits per heavy atom. The third kappa shape index (κ3) is 4.34. The lowest BCUT2D eigenvalue weighted by Gasteiger charge is -2.12. The molecule has 1 N–H and O–H groups in total. The average Bonchev–Trinajstić information content (AvgIpc) is 3.14. The molecule has 2 aromatic heterocycles. The molecule has 3 rings (SSSR count). The second-order valence-electron chi connectivity index (χ2n) is 5.32. The molecule has 1 aromatic carbocycles. The molecule has 0 fully saturated rings. The number of aryl methyl sites for hydroxylation is 1. The van der Waals surface area contributed by atoms with E-state index in [0.717, 1.165) is 17.0 Å². The second-order valence-corrected chi connectivity index (χ2v) is 6.38. The number of carbonyl (C=O) groups is 1. The van der Waals surface area contributed by atoms with Gasteiger partial charge in [0.1, 0.15) is 11.6 Å². The Kier molecular flexibility index (Phi) is 5.75. The number of amides is 1. The van der Waals surface area contributed by atoms with Crippen LogP contribution in [0.4, 0.5) is 5.13 Å². The number of carbonyl (C=O) groups excluding carboxylic acids is 1. The highest BCUT2D eigenvalue weighted by molar-refractivity contribution is 7.15. The number of anilines is 1. The van der Waals surface area contributed by atoms with Crippen LogP contribution in [-0.2, 0) is 13.0 Å². The molecule has 3 aromatic rings. The van der Waals surface area contributed by atoms with E-state index in [1.807, 2.05) is 19.1 Å². The summed E-state index contributed by atoms with van der Waals surface area (Å²) in [5.41, 5.74) is 1.42. The van der Waals surface area contributed by atoms with Crippen molar-refractivity contribution in [1.82, 2.24) is 15.2 Å². The van der Waals surface area contributed by atoms with Gasteiger partial charge in [-0.1, -0.05) is 18.3 Å². The molecule has 26 heavy (non-hydrogen) atoms. The number of rotatable bonds is 7. The van der Waals surface area contributed by atoms with Crippen molar-refractivity contribution < 1.29 is 14.3 Å². The molecular formula is C18H18N4O3S. The number of benzene rings is 1. The fourth-order valence-corrected chi connectivity index (χ4v) is 2.86. The van der Waals surface area contributed by atoms with Crippen LogP contribution < -0.4 is 14.8 Å². The van der Waals surface area contributed by atoms with E-state index >= 15 is 0 Å². The summed E-state index contributed by atoms with van der Waals surface area (Å²) in [7, 11) is 1.56. The monoisotopic (exact) mass is 370 g/mol. The van der Waals surface area contributed by atoms with E-state index in [0.29, 0.717) is 28.8 Å². The largest absolute Gasteiger partial charge is 0.493 e.